The zero-order valence-corrected chi connectivity index (χ0v) is 11.7. The molecule has 0 aliphatic carbocycles. The molecule has 2 heterocycles. The highest BCUT2D eigenvalue weighted by molar-refractivity contribution is 6.41. The molecule has 2 N–H and O–H groups in total. The van der Waals surface area contributed by atoms with Gasteiger partial charge in [0.05, 0.1) is 5.02 Å². The fraction of sp³-hybridized carbons (Fsp3) is 0.583. The average Bonchev–Trinajstić information content (AvgIpc) is 2.71. The fourth-order valence-corrected chi connectivity index (χ4v) is 2.44. The van der Waals surface area contributed by atoms with Crippen molar-refractivity contribution in [1.29, 1.82) is 0 Å². The normalized spacial score (nSPS) is 16.8. The highest BCUT2D eigenvalue weighted by atomic mass is 35.5. The van der Waals surface area contributed by atoms with Gasteiger partial charge in [-0.15, -0.1) is 0 Å². The Kier molecular flexibility index (Phi) is 4.92. The van der Waals surface area contributed by atoms with Gasteiger partial charge >= 0.3 is 0 Å². The second-order valence-electron chi connectivity index (χ2n) is 4.50. The summed E-state index contributed by atoms with van der Waals surface area (Å²) in [5.74, 6) is -0.166. The maximum absolute atomic E-state index is 11.8. The molecule has 1 aromatic rings. The summed E-state index contributed by atoms with van der Waals surface area (Å²) in [6.07, 6.45) is 3.84. The molecule has 1 saturated heterocycles. The number of nitrogens with zero attached hydrogens (tertiary/aromatic N) is 1. The van der Waals surface area contributed by atoms with E-state index in [1.54, 1.807) is 6.07 Å². The topological polar surface area (TPSA) is 48.1 Å². The Hall–Kier alpha value is -0.710. The molecule has 0 unspecified atom stereocenters. The van der Waals surface area contributed by atoms with Crippen LogP contribution in [0.4, 0.5) is 0 Å². The van der Waals surface area contributed by atoms with Crippen LogP contribution in [0.5, 0.6) is 0 Å². The first-order chi connectivity index (χ1) is 8.66. The smallest absolute Gasteiger partial charge is 0.267 e. The molecule has 1 aliphatic heterocycles. The predicted octanol–water partition coefficient (Wildman–Crippen LogP) is 2.54. The van der Waals surface area contributed by atoms with E-state index in [1.807, 2.05) is 0 Å². The monoisotopic (exact) mass is 289 g/mol. The van der Waals surface area contributed by atoms with Crippen molar-refractivity contribution >= 4 is 29.1 Å². The van der Waals surface area contributed by atoms with Crippen molar-refractivity contribution in [1.82, 2.24) is 15.2 Å². The van der Waals surface area contributed by atoms with Crippen molar-refractivity contribution in [3.05, 3.63) is 21.9 Å². The molecule has 2 rings (SSSR count). The van der Waals surface area contributed by atoms with Gasteiger partial charge in [-0.2, -0.15) is 0 Å². The fourth-order valence-electron chi connectivity index (χ4n) is 2.13. The van der Waals surface area contributed by atoms with Crippen LogP contribution in [0, 0.1) is 0 Å². The molecule has 0 aromatic carbocycles. The van der Waals surface area contributed by atoms with Crippen LogP contribution in [-0.4, -0.2) is 42.0 Å². The quantitative estimate of drug-likeness (QED) is 0.895. The van der Waals surface area contributed by atoms with Crippen LogP contribution in [0.2, 0.25) is 10.2 Å². The van der Waals surface area contributed by atoms with E-state index in [0.717, 1.165) is 19.6 Å². The number of carbonyl (C=O) groups excluding carboxylic acids is 1. The number of amides is 1. The van der Waals surface area contributed by atoms with E-state index >= 15 is 0 Å². The summed E-state index contributed by atoms with van der Waals surface area (Å²) in [6.45, 7) is 3.81. The van der Waals surface area contributed by atoms with E-state index in [-0.39, 0.29) is 5.91 Å². The minimum absolute atomic E-state index is 0.166. The van der Waals surface area contributed by atoms with Gasteiger partial charge in [-0.3, -0.25) is 4.79 Å². The zero-order valence-electron chi connectivity index (χ0n) is 10.1. The number of hydrogen-bond donors (Lipinski definition) is 2. The number of nitrogens with one attached hydrogen (secondary N) is 2. The highest BCUT2D eigenvalue weighted by Gasteiger charge is 2.13. The largest absolute Gasteiger partial charge is 0.349 e. The summed E-state index contributed by atoms with van der Waals surface area (Å²) in [7, 11) is 0. The summed E-state index contributed by atoms with van der Waals surface area (Å²) in [5.41, 5.74) is 0.406. The molecule has 18 heavy (non-hydrogen) atoms. The van der Waals surface area contributed by atoms with Crippen molar-refractivity contribution in [2.45, 2.75) is 19.3 Å². The molecule has 1 amide bonds. The Bertz CT molecular complexity index is 394. The first-order valence-electron chi connectivity index (χ1n) is 6.21. The molecule has 4 nitrogen and oxygen atoms in total. The van der Waals surface area contributed by atoms with Crippen LogP contribution < -0.4 is 5.32 Å². The number of aromatic amines is 1. The SMILES string of the molecule is O=C(NCCN1CCCCC1)c1cc(Cl)c(Cl)[nH]1. The number of piperidine rings is 1. The van der Waals surface area contributed by atoms with Crippen molar-refractivity contribution < 1.29 is 4.79 Å². The van der Waals surface area contributed by atoms with Crippen LogP contribution in [0.15, 0.2) is 6.07 Å². The van der Waals surface area contributed by atoms with Crippen molar-refractivity contribution in [3.63, 3.8) is 0 Å². The van der Waals surface area contributed by atoms with Gasteiger partial charge in [0.1, 0.15) is 10.8 Å². The Morgan fingerprint density at radius 2 is 2.06 bits per heavy atom. The van der Waals surface area contributed by atoms with Gasteiger partial charge in [0, 0.05) is 13.1 Å². The molecule has 1 aromatic heterocycles. The van der Waals surface area contributed by atoms with Crippen molar-refractivity contribution in [2.24, 2.45) is 0 Å². The van der Waals surface area contributed by atoms with E-state index in [1.165, 1.54) is 19.3 Å². The van der Waals surface area contributed by atoms with Crippen molar-refractivity contribution in [3.8, 4) is 0 Å². The lowest BCUT2D eigenvalue weighted by molar-refractivity contribution is 0.0942. The Morgan fingerprint density at radius 3 is 2.67 bits per heavy atom. The number of aromatic nitrogens is 1. The minimum atomic E-state index is -0.166. The predicted molar refractivity (Wildman–Crippen MR) is 73.4 cm³/mol. The lowest BCUT2D eigenvalue weighted by Gasteiger charge is -2.26. The second-order valence-corrected chi connectivity index (χ2v) is 5.29. The number of carbonyl (C=O) groups is 1. The molecular formula is C12H17Cl2N3O. The number of H-pyrrole nitrogens is 1. The van der Waals surface area contributed by atoms with E-state index in [9.17, 15) is 4.79 Å². The first kappa shape index (κ1) is 13.7. The van der Waals surface area contributed by atoms with Gasteiger partial charge in [0.15, 0.2) is 0 Å². The second kappa shape index (κ2) is 6.45. The van der Waals surface area contributed by atoms with Crippen molar-refractivity contribution in [2.75, 3.05) is 26.2 Å². The summed E-state index contributed by atoms with van der Waals surface area (Å²) in [5, 5.41) is 3.53. The van der Waals surface area contributed by atoms with Crippen LogP contribution in [0.25, 0.3) is 0 Å². The van der Waals surface area contributed by atoms with E-state index in [0.29, 0.717) is 22.4 Å². The van der Waals surface area contributed by atoms with Gasteiger partial charge < -0.3 is 15.2 Å². The summed E-state index contributed by atoms with van der Waals surface area (Å²) in [4.78, 5) is 16.9. The van der Waals surface area contributed by atoms with Gasteiger partial charge in [0.25, 0.3) is 5.91 Å². The molecule has 1 fully saturated rings. The standard InChI is InChI=1S/C12H17Cl2N3O/c13-9-8-10(16-11(9)14)12(18)15-4-7-17-5-2-1-3-6-17/h8,16H,1-7H2,(H,15,18). The number of likely N-dealkylation sites (tertiary alicyclic amines) is 1. The van der Waals surface area contributed by atoms with Gasteiger partial charge in [-0.05, 0) is 32.0 Å². The first-order valence-corrected chi connectivity index (χ1v) is 6.97. The Labute approximate surface area is 117 Å². The van der Waals surface area contributed by atoms with Crippen LogP contribution in [0.1, 0.15) is 29.8 Å². The van der Waals surface area contributed by atoms with Crippen LogP contribution >= 0.6 is 23.2 Å². The molecule has 100 valence electrons. The zero-order chi connectivity index (χ0) is 13.0. The summed E-state index contributed by atoms with van der Waals surface area (Å²) in [6, 6.07) is 1.54. The highest BCUT2D eigenvalue weighted by Crippen LogP contribution is 2.21. The minimum Gasteiger partial charge on any atom is -0.349 e. The number of rotatable bonds is 4. The maximum Gasteiger partial charge on any atom is 0.267 e. The summed E-state index contributed by atoms with van der Waals surface area (Å²) < 4.78 is 0. The molecule has 1 aliphatic rings. The summed E-state index contributed by atoms with van der Waals surface area (Å²) >= 11 is 11.5. The third-order valence-corrected chi connectivity index (χ3v) is 3.82. The van der Waals surface area contributed by atoms with E-state index in [2.05, 4.69) is 15.2 Å². The molecular weight excluding hydrogens is 273 g/mol. The van der Waals surface area contributed by atoms with Gasteiger partial charge in [0.2, 0.25) is 0 Å². The lowest BCUT2D eigenvalue weighted by Crippen LogP contribution is -2.37. The Morgan fingerprint density at radius 1 is 1.33 bits per heavy atom. The van der Waals surface area contributed by atoms with Gasteiger partial charge in [-0.25, -0.2) is 0 Å². The third kappa shape index (κ3) is 3.64. The molecule has 0 bridgehead atoms. The van der Waals surface area contributed by atoms with Gasteiger partial charge in [-0.1, -0.05) is 29.6 Å². The molecule has 0 radical (unpaired) electrons. The lowest BCUT2D eigenvalue weighted by atomic mass is 10.1. The molecule has 0 atom stereocenters. The number of halogens is 2. The average molecular weight is 290 g/mol. The third-order valence-electron chi connectivity index (χ3n) is 3.13. The van der Waals surface area contributed by atoms with Crippen LogP contribution in [-0.2, 0) is 0 Å². The molecule has 0 saturated carbocycles. The maximum atomic E-state index is 11.8. The molecule has 0 spiro atoms. The van der Waals surface area contributed by atoms with E-state index in [4.69, 9.17) is 23.2 Å². The Balaban J connectivity index is 1.74. The number of hydrogen-bond acceptors (Lipinski definition) is 2. The van der Waals surface area contributed by atoms with E-state index < -0.39 is 0 Å². The van der Waals surface area contributed by atoms with Crippen LogP contribution in [0.3, 0.4) is 0 Å². The molecule has 6 heteroatoms.